The smallest absolute Gasteiger partial charge is 0.103 e. The molecule has 0 rings (SSSR count). The molecule has 0 fully saturated rings. The van der Waals surface area contributed by atoms with E-state index in [4.69, 9.17) is 9.47 Å². The Bertz CT molecular complexity index is 386. The van der Waals surface area contributed by atoms with Crippen LogP contribution in [-0.4, -0.2) is 18.8 Å². The van der Waals surface area contributed by atoms with E-state index in [1.165, 1.54) is 57.8 Å². The van der Waals surface area contributed by atoms with Crippen molar-refractivity contribution in [2.24, 2.45) is 11.8 Å². The van der Waals surface area contributed by atoms with Crippen LogP contribution in [0.25, 0.3) is 0 Å². The second kappa shape index (κ2) is 21.5. The van der Waals surface area contributed by atoms with Gasteiger partial charge in [0.25, 0.3) is 0 Å². The van der Waals surface area contributed by atoms with E-state index >= 15 is 0 Å². The summed E-state index contributed by atoms with van der Waals surface area (Å²) in [5.41, 5.74) is 0. The van der Waals surface area contributed by atoms with E-state index in [1.54, 1.807) is 0 Å². The molecule has 0 saturated heterocycles. The van der Waals surface area contributed by atoms with Gasteiger partial charge < -0.3 is 9.47 Å². The molecule has 30 heavy (non-hydrogen) atoms. The summed E-state index contributed by atoms with van der Waals surface area (Å²) in [7, 11) is 0. The van der Waals surface area contributed by atoms with Gasteiger partial charge in [0.2, 0.25) is 0 Å². The molecule has 0 aliphatic rings. The first-order valence-corrected chi connectivity index (χ1v) is 13.2. The second-order valence-electron chi connectivity index (χ2n) is 8.97. The Morgan fingerprint density at radius 1 is 0.800 bits per heavy atom. The first-order valence-electron chi connectivity index (χ1n) is 13.2. The van der Waals surface area contributed by atoms with E-state index in [2.05, 4.69) is 47.3 Å². The van der Waals surface area contributed by atoms with Crippen molar-refractivity contribution < 1.29 is 9.47 Å². The van der Waals surface area contributed by atoms with Crippen LogP contribution in [0.2, 0.25) is 0 Å². The Hall–Kier alpha value is -0.760. The molecule has 0 spiro atoms. The zero-order chi connectivity index (χ0) is 22.5. The minimum Gasteiger partial charge on any atom is -0.498 e. The Labute approximate surface area is 189 Å². The summed E-state index contributed by atoms with van der Waals surface area (Å²) < 4.78 is 12.6. The van der Waals surface area contributed by atoms with Gasteiger partial charge in [-0.05, 0) is 63.9 Å². The van der Waals surface area contributed by atoms with Crippen molar-refractivity contribution in [1.82, 2.24) is 0 Å². The molecule has 0 aliphatic heterocycles. The van der Waals surface area contributed by atoms with Crippen LogP contribution >= 0.6 is 0 Å². The first-order chi connectivity index (χ1) is 14.6. The van der Waals surface area contributed by atoms with Crippen LogP contribution in [0.3, 0.4) is 0 Å². The van der Waals surface area contributed by atoms with Gasteiger partial charge in [-0.1, -0.05) is 78.7 Å². The topological polar surface area (TPSA) is 18.5 Å². The molecule has 3 atom stereocenters. The average molecular weight is 423 g/mol. The molecule has 2 nitrogen and oxygen atoms in total. The van der Waals surface area contributed by atoms with Crippen molar-refractivity contribution in [2.75, 3.05) is 6.61 Å². The minimum absolute atomic E-state index is 0.260. The first kappa shape index (κ1) is 29.2. The van der Waals surface area contributed by atoms with Gasteiger partial charge in [-0.3, -0.25) is 0 Å². The van der Waals surface area contributed by atoms with Crippen molar-refractivity contribution in [3.05, 3.63) is 25.0 Å². The maximum absolute atomic E-state index is 6.33. The van der Waals surface area contributed by atoms with E-state index in [1.807, 2.05) is 12.3 Å². The van der Waals surface area contributed by atoms with Crippen LogP contribution in [0.15, 0.2) is 25.0 Å². The quantitative estimate of drug-likeness (QED) is 0.0983. The fourth-order valence-electron chi connectivity index (χ4n) is 4.22. The number of unbranched alkanes of at least 4 members (excludes halogenated alkanes) is 5. The number of ether oxygens (including phenoxy) is 2. The zero-order valence-electron chi connectivity index (χ0n) is 21.2. The lowest BCUT2D eigenvalue weighted by atomic mass is 9.88. The third-order valence-electron chi connectivity index (χ3n) is 6.47. The third-order valence-corrected chi connectivity index (χ3v) is 6.47. The van der Waals surface area contributed by atoms with Gasteiger partial charge in [0, 0.05) is 12.5 Å². The summed E-state index contributed by atoms with van der Waals surface area (Å²) >= 11 is 0. The van der Waals surface area contributed by atoms with Gasteiger partial charge >= 0.3 is 0 Å². The lowest BCUT2D eigenvalue weighted by Crippen LogP contribution is -2.33. The molecule has 3 unspecified atom stereocenters. The molecule has 178 valence electrons. The van der Waals surface area contributed by atoms with Gasteiger partial charge in [0.1, 0.15) is 6.10 Å². The highest BCUT2D eigenvalue weighted by atomic mass is 16.5. The fourth-order valence-corrected chi connectivity index (χ4v) is 4.22. The summed E-state index contributed by atoms with van der Waals surface area (Å²) in [6, 6.07) is 0. The summed E-state index contributed by atoms with van der Waals surface area (Å²) in [4.78, 5) is 0. The third kappa shape index (κ3) is 15.1. The zero-order valence-corrected chi connectivity index (χ0v) is 21.2. The van der Waals surface area contributed by atoms with Gasteiger partial charge in [0.05, 0.1) is 12.4 Å². The Balaban J connectivity index is 4.70. The second-order valence-corrected chi connectivity index (χ2v) is 8.97. The lowest BCUT2D eigenvalue weighted by molar-refractivity contribution is -0.0395. The molecule has 0 radical (unpaired) electrons. The van der Waals surface area contributed by atoms with Crippen molar-refractivity contribution in [3.63, 3.8) is 0 Å². The van der Waals surface area contributed by atoms with Crippen LogP contribution in [0.4, 0.5) is 0 Å². The highest BCUT2D eigenvalue weighted by Crippen LogP contribution is 2.26. The summed E-state index contributed by atoms with van der Waals surface area (Å²) in [6.45, 7) is 16.1. The number of hydrogen-bond acceptors (Lipinski definition) is 2. The number of hydrogen-bond donors (Lipinski definition) is 0. The van der Waals surface area contributed by atoms with Crippen molar-refractivity contribution >= 4 is 0 Å². The van der Waals surface area contributed by atoms with Gasteiger partial charge in [-0.15, -0.1) is 6.58 Å². The largest absolute Gasteiger partial charge is 0.498 e. The Kier molecular flexibility index (Phi) is 20.9. The molecule has 0 heterocycles. The van der Waals surface area contributed by atoms with E-state index in [0.717, 1.165) is 44.6 Å². The molecule has 0 aliphatic carbocycles. The predicted octanol–water partition coefficient (Wildman–Crippen LogP) is 9.25. The van der Waals surface area contributed by atoms with Crippen LogP contribution < -0.4 is 0 Å². The summed E-state index contributed by atoms with van der Waals surface area (Å²) in [5.74, 6) is 1.36. The van der Waals surface area contributed by atoms with Crippen LogP contribution in [0.5, 0.6) is 0 Å². The van der Waals surface area contributed by atoms with Crippen molar-refractivity contribution in [3.8, 4) is 0 Å². The van der Waals surface area contributed by atoms with Crippen LogP contribution in [0, 0.1) is 11.8 Å². The van der Waals surface area contributed by atoms with E-state index < -0.39 is 0 Å². The summed E-state index contributed by atoms with van der Waals surface area (Å²) in [6.07, 6.45) is 23.8. The molecule has 0 aromatic rings. The van der Waals surface area contributed by atoms with Crippen molar-refractivity contribution in [2.45, 2.75) is 137 Å². The molecule has 0 aromatic heterocycles. The SMILES string of the molecule is C=CCCCCCC(C(C)OCCCC)C(CCC)OC=CCCCC(CC)CC. The fraction of sp³-hybridized carbons (Fsp3) is 0.857. The predicted molar refractivity (Wildman–Crippen MR) is 134 cm³/mol. The molecular formula is C28H54O2. The Morgan fingerprint density at radius 2 is 1.57 bits per heavy atom. The minimum atomic E-state index is 0.260. The summed E-state index contributed by atoms with van der Waals surface area (Å²) in [5, 5.41) is 0. The maximum Gasteiger partial charge on any atom is 0.103 e. The molecule has 0 aromatic carbocycles. The molecular weight excluding hydrogens is 368 g/mol. The number of rotatable bonds is 22. The molecule has 0 N–H and O–H groups in total. The van der Waals surface area contributed by atoms with Crippen LogP contribution in [-0.2, 0) is 9.47 Å². The van der Waals surface area contributed by atoms with Crippen LogP contribution in [0.1, 0.15) is 125 Å². The monoisotopic (exact) mass is 422 g/mol. The van der Waals surface area contributed by atoms with E-state index in [-0.39, 0.29) is 12.2 Å². The normalized spacial score (nSPS) is 14.9. The number of allylic oxidation sites excluding steroid dienone is 2. The molecule has 0 amide bonds. The maximum atomic E-state index is 6.33. The van der Waals surface area contributed by atoms with E-state index in [9.17, 15) is 0 Å². The highest BCUT2D eigenvalue weighted by molar-refractivity contribution is 4.81. The van der Waals surface area contributed by atoms with Crippen molar-refractivity contribution in [1.29, 1.82) is 0 Å². The molecule has 0 bridgehead atoms. The highest BCUT2D eigenvalue weighted by Gasteiger charge is 2.27. The Morgan fingerprint density at radius 3 is 2.20 bits per heavy atom. The average Bonchev–Trinajstić information content (AvgIpc) is 2.75. The lowest BCUT2D eigenvalue weighted by Gasteiger charge is -2.31. The van der Waals surface area contributed by atoms with Gasteiger partial charge in [-0.25, -0.2) is 0 Å². The van der Waals surface area contributed by atoms with Gasteiger partial charge in [0.15, 0.2) is 0 Å². The standard InChI is InChI=1S/C28H54O2/c1-7-12-14-15-18-22-27(25(6)29-23-13-8-2)28(20-9-3)30-24-19-16-17-21-26(10-4)11-5/h7,19,24-28H,1,8-18,20-23H2,2-6H3. The molecule has 0 saturated carbocycles. The van der Waals surface area contributed by atoms with Gasteiger partial charge in [-0.2, -0.15) is 0 Å². The molecule has 2 heteroatoms. The van der Waals surface area contributed by atoms with E-state index in [0.29, 0.717) is 5.92 Å².